The van der Waals surface area contributed by atoms with Gasteiger partial charge in [-0.25, -0.2) is 4.79 Å². The lowest BCUT2D eigenvalue weighted by Crippen LogP contribution is -2.37. The predicted octanol–water partition coefficient (Wildman–Crippen LogP) is 0.641. The Morgan fingerprint density at radius 1 is 1.11 bits per heavy atom. The summed E-state index contributed by atoms with van der Waals surface area (Å²) in [5.74, 6) is -2.06. The average molecular weight is 264 g/mol. The quantitative estimate of drug-likeness (QED) is 0.702. The summed E-state index contributed by atoms with van der Waals surface area (Å²) in [6.45, 7) is 2.29. The minimum atomic E-state index is -1.18. The van der Waals surface area contributed by atoms with Crippen LogP contribution >= 0.6 is 0 Å². The number of benzene rings is 1. The lowest BCUT2D eigenvalue weighted by Gasteiger charge is -2.07. The van der Waals surface area contributed by atoms with Crippen LogP contribution in [0, 0.1) is 0 Å². The Balaban J connectivity index is 2.64. The van der Waals surface area contributed by atoms with E-state index in [1.807, 2.05) is 6.92 Å². The van der Waals surface area contributed by atoms with E-state index < -0.39 is 11.9 Å². The molecule has 0 aliphatic rings. The second-order valence-corrected chi connectivity index (χ2v) is 3.88. The molecule has 6 nitrogen and oxygen atoms in total. The molecule has 0 aliphatic heterocycles. The zero-order valence-electron chi connectivity index (χ0n) is 10.6. The number of carbonyl (C=O) groups excluding carboxylic acids is 2. The van der Waals surface area contributed by atoms with Crippen molar-refractivity contribution in [3.8, 4) is 0 Å². The fourth-order valence-corrected chi connectivity index (χ4v) is 1.45. The standard InChI is InChI=1S/C13H16N2O4/c1-2-7-14-11(16)8-15-12(17)9-5-3-4-6-10(9)13(18)19/h3-6H,2,7-8H2,1H3,(H,14,16)(H,15,17)(H,18,19). The average Bonchev–Trinajstić information content (AvgIpc) is 2.42. The van der Waals surface area contributed by atoms with Gasteiger partial charge in [0.05, 0.1) is 17.7 Å². The van der Waals surface area contributed by atoms with Crippen molar-refractivity contribution in [1.82, 2.24) is 10.6 Å². The number of hydrogen-bond donors (Lipinski definition) is 3. The second-order valence-electron chi connectivity index (χ2n) is 3.88. The van der Waals surface area contributed by atoms with Crippen LogP contribution in [0.3, 0.4) is 0 Å². The molecule has 0 saturated heterocycles. The Labute approximate surface area is 110 Å². The maximum Gasteiger partial charge on any atom is 0.336 e. The first-order valence-corrected chi connectivity index (χ1v) is 5.93. The van der Waals surface area contributed by atoms with Crippen molar-refractivity contribution in [2.75, 3.05) is 13.1 Å². The molecule has 1 aromatic rings. The van der Waals surface area contributed by atoms with Gasteiger partial charge in [0, 0.05) is 6.54 Å². The van der Waals surface area contributed by atoms with E-state index >= 15 is 0 Å². The van der Waals surface area contributed by atoms with Crippen molar-refractivity contribution in [2.24, 2.45) is 0 Å². The van der Waals surface area contributed by atoms with Gasteiger partial charge in [0.25, 0.3) is 5.91 Å². The lowest BCUT2D eigenvalue weighted by molar-refractivity contribution is -0.120. The maximum absolute atomic E-state index is 11.8. The fourth-order valence-electron chi connectivity index (χ4n) is 1.45. The molecule has 0 spiro atoms. The fraction of sp³-hybridized carbons (Fsp3) is 0.308. The monoisotopic (exact) mass is 264 g/mol. The van der Waals surface area contributed by atoms with Crippen LogP contribution in [0.25, 0.3) is 0 Å². The third-order valence-corrected chi connectivity index (χ3v) is 2.38. The number of rotatable bonds is 6. The summed E-state index contributed by atoms with van der Waals surface area (Å²) in [6, 6.07) is 5.85. The molecule has 1 aromatic carbocycles. The highest BCUT2D eigenvalue weighted by Crippen LogP contribution is 2.08. The predicted molar refractivity (Wildman–Crippen MR) is 69.0 cm³/mol. The second kappa shape index (κ2) is 7.15. The van der Waals surface area contributed by atoms with E-state index in [-0.39, 0.29) is 23.6 Å². The van der Waals surface area contributed by atoms with E-state index in [0.29, 0.717) is 6.54 Å². The van der Waals surface area contributed by atoms with Crippen molar-refractivity contribution in [3.63, 3.8) is 0 Å². The molecule has 0 atom stereocenters. The lowest BCUT2D eigenvalue weighted by atomic mass is 10.1. The molecule has 0 saturated carbocycles. The third-order valence-electron chi connectivity index (χ3n) is 2.38. The number of carbonyl (C=O) groups is 3. The van der Waals surface area contributed by atoms with Gasteiger partial charge < -0.3 is 15.7 Å². The Hall–Kier alpha value is -2.37. The van der Waals surface area contributed by atoms with E-state index in [1.54, 1.807) is 6.07 Å². The summed E-state index contributed by atoms with van der Waals surface area (Å²) in [5, 5.41) is 13.9. The van der Waals surface area contributed by atoms with Gasteiger partial charge in [0.1, 0.15) is 0 Å². The van der Waals surface area contributed by atoms with E-state index in [4.69, 9.17) is 5.11 Å². The Bertz CT molecular complexity index is 485. The molecule has 102 valence electrons. The minimum Gasteiger partial charge on any atom is -0.478 e. The van der Waals surface area contributed by atoms with Gasteiger partial charge >= 0.3 is 5.97 Å². The first-order valence-electron chi connectivity index (χ1n) is 5.93. The first-order chi connectivity index (χ1) is 9.06. The molecule has 19 heavy (non-hydrogen) atoms. The van der Waals surface area contributed by atoms with E-state index in [1.165, 1.54) is 18.2 Å². The van der Waals surface area contributed by atoms with Gasteiger partial charge in [0.2, 0.25) is 5.91 Å². The normalized spacial score (nSPS) is 9.74. The number of carboxylic acid groups (broad SMARTS) is 1. The molecule has 0 heterocycles. The molecule has 1 rings (SSSR count). The van der Waals surface area contributed by atoms with Gasteiger partial charge in [-0.15, -0.1) is 0 Å². The van der Waals surface area contributed by atoms with Gasteiger partial charge in [-0.05, 0) is 18.6 Å². The number of aromatic carboxylic acids is 1. The van der Waals surface area contributed by atoms with E-state index in [2.05, 4.69) is 10.6 Å². The zero-order valence-corrected chi connectivity index (χ0v) is 10.6. The summed E-state index contributed by atoms with van der Waals surface area (Å²) >= 11 is 0. The van der Waals surface area contributed by atoms with Crippen molar-refractivity contribution in [1.29, 1.82) is 0 Å². The first kappa shape index (κ1) is 14.7. The van der Waals surface area contributed by atoms with Gasteiger partial charge in [-0.2, -0.15) is 0 Å². The van der Waals surface area contributed by atoms with Crippen LogP contribution in [0.5, 0.6) is 0 Å². The molecular formula is C13H16N2O4. The molecule has 3 N–H and O–H groups in total. The van der Waals surface area contributed by atoms with Crippen molar-refractivity contribution >= 4 is 17.8 Å². The summed E-state index contributed by atoms with van der Waals surface area (Å²) in [5.41, 5.74) is -0.0488. The van der Waals surface area contributed by atoms with Gasteiger partial charge in [0.15, 0.2) is 0 Å². The van der Waals surface area contributed by atoms with Crippen molar-refractivity contribution < 1.29 is 19.5 Å². The van der Waals surface area contributed by atoms with Crippen LogP contribution < -0.4 is 10.6 Å². The van der Waals surface area contributed by atoms with Crippen molar-refractivity contribution in [3.05, 3.63) is 35.4 Å². The molecule has 6 heteroatoms. The summed E-state index contributed by atoms with van der Waals surface area (Å²) < 4.78 is 0. The van der Waals surface area contributed by atoms with Crippen molar-refractivity contribution in [2.45, 2.75) is 13.3 Å². The zero-order chi connectivity index (χ0) is 14.3. The summed E-state index contributed by atoms with van der Waals surface area (Å²) in [7, 11) is 0. The van der Waals surface area contributed by atoms with Crippen LogP contribution in [0.2, 0.25) is 0 Å². The molecule has 0 fully saturated rings. The number of hydrogen-bond acceptors (Lipinski definition) is 3. The third kappa shape index (κ3) is 4.42. The minimum absolute atomic E-state index is 0.0401. The van der Waals surface area contributed by atoms with Crippen LogP contribution in [-0.2, 0) is 4.79 Å². The molecule has 0 unspecified atom stereocenters. The van der Waals surface area contributed by atoms with E-state index in [0.717, 1.165) is 6.42 Å². The SMILES string of the molecule is CCCNC(=O)CNC(=O)c1ccccc1C(=O)O. The van der Waals surface area contributed by atoms with E-state index in [9.17, 15) is 14.4 Å². The molecule has 2 amide bonds. The topological polar surface area (TPSA) is 95.5 Å². The molecular weight excluding hydrogens is 248 g/mol. The molecule has 0 aromatic heterocycles. The highest BCUT2D eigenvalue weighted by atomic mass is 16.4. The molecule has 0 bridgehead atoms. The molecule has 0 radical (unpaired) electrons. The van der Waals surface area contributed by atoms with Gasteiger partial charge in [-0.1, -0.05) is 19.1 Å². The van der Waals surface area contributed by atoms with Crippen LogP contribution in [0.1, 0.15) is 34.1 Å². The number of amides is 2. The Morgan fingerprint density at radius 2 is 1.74 bits per heavy atom. The highest BCUT2D eigenvalue weighted by molar-refractivity contribution is 6.05. The smallest absolute Gasteiger partial charge is 0.336 e. The van der Waals surface area contributed by atoms with Crippen LogP contribution in [-0.4, -0.2) is 36.0 Å². The van der Waals surface area contributed by atoms with Gasteiger partial charge in [-0.3, -0.25) is 9.59 Å². The maximum atomic E-state index is 11.8. The van der Waals surface area contributed by atoms with Crippen LogP contribution in [0.4, 0.5) is 0 Å². The highest BCUT2D eigenvalue weighted by Gasteiger charge is 2.15. The molecule has 0 aliphatic carbocycles. The summed E-state index contributed by atoms with van der Waals surface area (Å²) in [6.07, 6.45) is 0.807. The largest absolute Gasteiger partial charge is 0.478 e. The number of nitrogens with one attached hydrogen (secondary N) is 2. The summed E-state index contributed by atoms with van der Waals surface area (Å²) in [4.78, 5) is 34.1. The Morgan fingerprint density at radius 3 is 2.32 bits per heavy atom. The van der Waals surface area contributed by atoms with Crippen LogP contribution in [0.15, 0.2) is 24.3 Å². The Kier molecular flexibility index (Phi) is 5.53. The number of carboxylic acids is 1.